The van der Waals surface area contributed by atoms with Crippen molar-refractivity contribution >= 4 is 0 Å². The lowest BCUT2D eigenvalue weighted by Gasteiger charge is -2.49. The molecule has 1 rings (SSSR count). The Hall–Kier alpha value is -0.160. The van der Waals surface area contributed by atoms with E-state index >= 15 is 0 Å². The van der Waals surface area contributed by atoms with Crippen LogP contribution in [0.2, 0.25) is 0 Å². The predicted molar refractivity (Wildman–Crippen MR) is 160 cm³/mol. The van der Waals surface area contributed by atoms with Gasteiger partial charge in [0.2, 0.25) is 0 Å². The molecular formula is C33H67NO3. The first-order valence-electron chi connectivity index (χ1n) is 16.8. The molecule has 0 saturated heterocycles. The lowest BCUT2D eigenvalue weighted by atomic mass is 9.74. The molecule has 0 aromatic heterocycles. The van der Waals surface area contributed by atoms with E-state index in [0.717, 1.165) is 19.4 Å². The molecule has 4 heteroatoms. The minimum absolute atomic E-state index is 0.167. The highest BCUT2D eigenvalue weighted by Crippen LogP contribution is 2.46. The van der Waals surface area contributed by atoms with E-state index in [0.29, 0.717) is 25.9 Å². The molecule has 0 amide bonds. The van der Waals surface area contributed by atoms with Crippen LogP contribution in [0.25, 0.3) is 0 Å². The fourth-order valence-corrected chi connectivity index (χ4v) is 6.36. The third-order valence-electron chi connectivity index (χ3n) is 8.50. The first-order chi connectivity index (χ1) is 18.1. The zero-order valence-corrected chi connectivity index (χ0v) is 26.0. The maximum Gasteiger partial charge on any atom is 0.290 e. The molecule has 0 heterocycles. The van der Waals surface area contributed by atoms with Crippen LogP contribution in [0.15, 0.2) is 0 Å². The van der Waals surface area contributed by atoms with E-state index in [-0.39, 0.29) is 5.41 Å². The number of nitrogens with one attached hydrogen (secondary N) is 1. The van der Waals surface area contributed by atoms with Gasteiger partial charge in [-0.25, -0.2) is 0 Å². The number of ether oxygens (including phenoxy) is 3. The van der Waals surface area contributed by atoms with Crippen molar-refractivity contribution in [3.8, 4) is 0 Å². The van der Waals surface area contributed by atoms with Gasteiger partial charge in [-0.05, 0) is 46.5 Å². The van der Waals surface area contributed by atoms with Crippen molar-refractivity contribution in [1.82, 2.24) is 5.32 Å². The van der Waals surface area contributed by atoms with Crippen LogP contribution in [0.5, 0.6) is 0 Å². The van der Waals surface area contributed by atoms with Crippen LogP contribution in [0.1, 0.15) is 169 Å². The van der Waals surface area contributed by atoms with Crippen LogP contribution in [0.3, 0.4) is 0 Å². The van der Waals surface area contributed by atoms with Crippen molar-refractivity contribution in [3.63, 3.8) is 0 Å². The van der Waals surface area contributed by atoms with Gasteiger partial charge in [0.05, 0.1) is 5.41 Å². The quantitative estimate of drug-likeness (QED) is 0.0900. The summed E-state index contributed by atoms with van der Waals surface area (Å²) in [6.45, 7) is 13.6. The maximum atomic E-state index is 6.55. The molecule has 1 atom stereocenters. The summed E-state index contributed by atoms with van der Waals surface area (Å²) in [5, 5.41) is 4.04. The van der Waals surface area contributed by atoms with Gasteiger partial charge < -0.3 is 19.5 Å². The number of hydrogen-bond donors (Lipinski definition) is 1. The highest BCUT2D eigenvalue weighted by molar-refractivity contribution is 4.93. The zero-order valence-electron chi connectivity index (χ0n) is 26.0. The van der Waals surface area contributed by atoms with Gasteiger partial charge in [-0.1, -0.05) is 123 Å². The Morgan fingerprint density at radius 2 is 0.946 bits per heavy atom. The van der Waals surface area contributed by atoms with E-state index in [1.54, 1.807) is 0 Å². The van der Waals surface area contributed by atoms with Gasteiger partial charge in [0, 0.05) is 32.4 Å². The molecule has 0 aromatic carbocycles. The highest BCUT2D eigenvalue weighted by Gasteiger charge is 2.54. The summed E-state index contributed by atoms with van der Waals surface area (Å²) in [7, 11) is 0. The number of hydrogen-bond acceptors (Lipinski definition) is 4. The van der Waals surface area contributed by atoms with Crippen molar-refractivity contribution in [2.24, 2.45) is 5.41 Å². The first-order valence-corrected chi connectivity index (χ1v) is 16.8. The summed E-state index contributed by atoms with van der Waals surface area (Å²) in [4.78, 5) is 0. The Morgan fingerprint density at radius 3 is 1.35 bits per heavy atom. The first kappa shape index (κ1) is 34.9. The van der Waals surface area contributed by atoms with Crippen LogP contribution in [0.4, 0.5) is 0 Å². The van der Waals surface area contributed by atoms with E-state index in [9.17, 15) is 0 Å². The number of unbranched alkanes of at least 4 members (excludes halogenated alkanes) is 12. The Kier molecular flexibility index (Phi) is 21.3. The number of rotatable bonds is 26. The van der Waals surface area contributed by atoms with E-state index in [4.69, 9.17) is 14.2 Å². The van der Waals surface area contributed by atoms with Gasteiger partial charge in [0.1, 0.15) is 0 Å². The second-order valence-corrected chi connectivity index (χ2v) is 11.6. The molecule has 1 N–H and O–H groups in total. The average Bonchev–Trinajstić information content (AvgIpc) is 2.91. The summed E-state index contributed by atoms with van der Waals surface area (Å²) >= 11 is 0. The van der Waals surface area contributed by atoms with Gasteiger partial charge >= 0.3 is 0 Å². The van der Waals surface area contributed by atoms with Gasteiger partial charge in [0.15, 0.2) is 0 Å². The largest absolute Gasteiger partial charge is 0.327 e. The van der Waals surface area contributed by atoms with Crippen LogP contribution in [-0.2, 0) is 14.2 Å². The molecular weight excluding hydrogens is 458 g/mol. The molecule has 1 aliphatic rings. The second kappa shape index (κ2) is 22.6. The monoisotopic (exact) mass is 526 g/mol. The molecule has 37 heavy (non-hydrogen) atoms. The molecule has 1 fully saturated rings. The van der Waals surface area contributed by atoms with E-state index in [2.05, 4.69) is 39.9 Å². The molecule has 0 spiro atoms. The van der Waals surface area contributed by atoms with Crippen LogP contribution >= 0.6 is 0 Å². The summed E-state index contributed by atoms with van der Waals surface area (Å²) in [6, 6.07) is 0.624. The van der Waals surface area contributed by atoms with Crippen molar-refractivity contribution in [3.05, 3.63) is 0 Å². The van der Waals surface area contributed by atoms with Crippen molar-refractivity contribution in [1.29, 1.82) is 0 Å². The van der Waals surface area contributed by atoms with Crippen LogP contribution < -0.4 is 5.32 Å². The summed E-state index contributed by atoms with van der Waals surface area (Å²) in [5.41, 5.74) is -0.167. The third-order valence-corrected chi connectivity index (χ3v) is 8.50. The van der Waals surface area contributed by atoms with E-state index < -0.39 is 5.97 Å². The summed E-state index contributed by atoms with van der Waals surface area (Å²) in [5.74, 6) is -0.961. The maximum absolute atomic E-state index is 6.55. The Bertz CT molecular complexity index is 477. The van der Waals surface area contributed by atoms with Gasteiger partial charge in [-0.3, -0.25) is 0 Å². The van der Waals surface area contributed by atoms with Crippen molar-refractivity contribution in [2.75, 3.05) is 26.4 Å². The predicted octanol–water partition coefficient (Wildman–Crippen LogP) is 9.94. The fraction of sp³-hybridized carbons (Fsp3) is 1.00. The molecule has 1 saturated carbocycles. The fourth-order valence-electron chi connectivity index (χ4n) is 6.36. The molecule has 0 aromatic rings. The topological polar surface area (TPSA) is 39.7 Å². The van der Waals surface area contributed by atoms with Crippen molar-refractivity contribution in [2.45, 2.75) is 181 Å². The SMILES string of the molecule is CCCCCCCCCCC(CCCCCCCC)(CNC1CCCCC1)C(OCC)(OCC)OCC. The van der Waals surface area contributed by atoms with Crippen molar-refractivity contribution < 1.29 is 14.2 Å². The molecule has 0 aliphatic heterocycles. The summed E-state index contributed by atoms with van der Waals surface area (Å²) < 4.78 is 19.6. The lowest BCUT2D eigenvalue weighted by Crippen LogP contribution is -2.59. The molecule has 1 unspecified atom stereocenters. The van der Waals surface area contributed by atoms with Crippen LogP contribution in [-0.4, -0.2) is 38.4 Å². The Balaban J connectivity index is 3.04. The zero-order chi connectivity index (χ0) is 27.1. The Morgan fingerprint density at radius 1 is 0.541 bits per heavy atom. The molecule has 1 aliphatic carbocycles. The highest BCUT2D eigenvalue weighted by atomic mass is 16.9. The molecule has 0 radical (unpaired) electrons. The molecule has 4 nitrogen and oxygen atoms in total. The average molecular weight is 526 g/mol. The van der Waals surface area contributed by atoms with Gasteiger partial charge in [-0.15, -0.1) is 0 Å². The van der Waals surface area contributed by atoms with E-state index in [1.807, 2.05) is 0 Å². The van der Waals surface area contributed by atoms with Crippen LogP contribution in [0, 0.1) is 5.41 Å². The molecule has 0 bridgehead atoms. The Labute approximate surface area is 232 Å². The second-order valence-electron chi connectivity index (χ2n) is 11.6. The summed E-state index contributed by atoms with van der Waals surface area (Å²) in [6.07, 6.45) is 27.5. The smallest absolute Gasteiger partial charge is 0.290 e. The van der Waals surface area contributed by atoms with E-state index in [1.165, 1.54) is 122 Å². The minimum Gasteiger partial charge on any atom is -0.327 e. The normalized spacial score (nSPS) is 16.8. The third kappa shape index (κ3) is 13.6. The van der Waals surface area contributed by atoms with Gasteiger partial charge in [-0.2, -0.15) is 0 Å². The standard InChI is InChI=1S/C33H67NO3/c1-6-11-13-15-17-18-20-25-29-32(28-24-19-16-14-12-7-2,30-34-31-26-22-21-23-27-31)33(35-8-3,36-9-4)37-10-5/h31,34H,6-30H2,1-5H3. The minimum atomic E-state index is -0.961. The lowest BCUT2D eigenvalue weighted by molar-refractivity contribution is -0.429. The molecule has 222 valence electrons. The van der Waals surface area contributed by atoms with Gasteiger partial charge in [0.25, 0.3) is 5.97 Å².